The Hall–Kier alpha value is -2.31. The number of anilines is 2. The molecule has 0 bridgehead atoms. The van der Waals surface area contributed by atoms with E-state index in [4.69, 9.17) is 15.6 Å². The van der Waals surface area contributed by atoms with Gasteiger partial charge in [-0.1, -0.05) is 45.9 Å². The Balaban J connectivity index is 0.00000184. The third kappa shape index (κ3) is 10.1. The van der Waals surface area contributed by atoms with E-state index in [0.717, 1.165) is 28.9 Å². The van der Waals surface area contributed by atoms with Crippen LogP contribution in [0.25, 0.3) is 0 Å². The predicted molar refractivity (Wildman–Crippen MR) is 126 cm³/mol. The first kappa shape index (κ1) is 26.7. The van der Waals surface area contributed by atoms with Crippen molar-refractivity contribution in [3.8, 4) is 0 Å². The first-order valence-electron chi connectivity index (χ1n) is 10.6. The van der Waals surface area contributed by atoms with Crippen LogP contribution >= 0.6 is 0 Å². The summed E-state index contributed by atoms with van der Waals surface area (Å²) in [6, 6.07) is 6.30. The van der Waals surface area contributed by atoms with Crippen molar-refractivity contribution in [3.63, 3.8) is 0 Å². The average molecular weight is 405 g/mol. The standard InChI is InChI=1S/C19H28N4O2.2C2H6/c1-3-22-19(25-13-15-6-4-14(12-24)5-7-15)23-17-8-9-18(20)16(10-17)11-21-2;2*1-2/h4-6,8-10,15,21,24H,3,7,11-13,20H2,1-2H3,(H,22,23);2*1-2H3. The van der Waals surface area contributed by atoms with Crippen molar-refractivity contribution in [2.45, 2.75) is 47.6 Å². The molecule has 6 nitrogen and oxygen atoms in total. The fraction of sp³-hybridized carbons (Fsp3) is 0.522. The van der Waals surface area contributed by atoms with Gasteiger partial charge in [-0.25, -0.2) is 4.99 Å². The van der Waals surface area contributed by atoms with Crippen LogP contribution in [0.3, 0.4) is 0 Å². The molecule has 6 heteroatoms. The summed E-state index contributed by atoms with van der Waals surface area (Å²) in [5, 5.41) is 15.5. The van der Waals surface area contributed by atoms with Crippen LogP contribution < -0.4 is 16.4 Å². The SMILES string of the molecule is CC.CC.CCN=C(Nc1ccc(N)c(CNC)c1)OCC1C=CC(CO)=CC1. The van der Waals surface area contributed by atoms with E-state index in [1.165, 1.54) is 0 Å². The lowest BCUT2D eigenvalue weighted by atomic mass is 9.98. The van der Waals surface area contributed by atoms with E-state index in [1.807, 2.05) is 72.0 Å². The Labute approximate surface area is 177 Å². The summed E-state index contributed by atoms with van der Waals surface area (Å²) in [4.78, 5) is 4.39. The molecule has 0 aliphatic heterocycles. The van der Waals surface area contributed by atoms with Crippen molar-refractivity contribution in [1.82, 2.24) is 5.32 Å². The largest absolute Gasteiger partial charge is 0.464 e. The van der Waals surface area contributed by atoms with Gasteiger partial charge in [-0.05, 0) is 49.7 Å². The second-order valence-corrected chi connectivity index (χ2v) is 5.95. The molecule has 1 aliphatic carbocycles. The number of aliphatic hydroxyl groups excluding tert-OH is 1. The minimum atomic E-state index is 0.0836. The first-order chi connectivity index (χ1) is 14.2. The number of nitrogens with two attached hydrogens (primary N) is 1. The van der Waals surface area contributed by atoms with Crippen LogP contribution in [0.5, 0.6) is 0 Å². The van der Waals surface area contributed by atoms with Crippen LogP contribution in [0.15, 0.2) is 47.0 Å². The molecule has 0 saturated carbocycles. The number of nitrogens with zero attached hydrogens (tertiary/aromatic N) is 1. The highest BCUT2D eigenvalue weighted by Crippen LogP contribution is 2.19. The molecule has 0 fully saturated rings. The summed E-state index contributed by atoms with van der Waals surface area (Å²) in [6.07, 6.45) is 6.93. The Morgan fingerprint density at radius 1 is 1.28 bits per heavy atom. The topological polar surface area (TPSA) is 91.9 Å². The van der Waals surface area contributed by atoms with Crippen LogP contribution in [0.1, 0.15) is 46.6 Å². The Morgan fingerprint density at radius 2 is 2.00 bits per heavy atom. The fourth-order valence-electron chi connectivity index (χ4n) is 2.55. The molecule has 1 unspecified atom stereocenters. The van der Waals surface area contributed by atoms with Gasteiger partial charge in [0.05, 0.1) is 13.2 Å². The quantitative estimate of drug-likeness (QED) is 0.308. The molecule has 5 N–H and O–H groups in total. The van der Waals surface area contributed by atoms with Crippen molar-refractivity contribution >= 4 is 17.4 Å². The van der Waals surface area contributed by atoms with Gasteiger partial charge in [-0.15, -0.1) is 0 Å². The molecule has 1 atom stereocenters. The summed E-state index contributed by atoms with van der Waals surface area (Å²) in [5.41, 5.74) is 9.62. The number of nitrogens with one attached hydrogen (secondary N) is 2. The van der Waals surface area contributed by atoms with Crippen LogP contribution in [0.2, 0.25) is 0 Å². The number of hydrogen-bond donors (Lipinski definition) is 4. The number of amidine groups is 1. The van der Waals surface area contributed by atoms with Gasteiger partial charge in [-0.3, -0.25) is 0 Å². The molecule has 164 valence electrons. The van der Waals surface area contributed by atoms with E-state index in [-0.39, 0.29) is 12.5 Å². The van der Waals surface area contributed by atoms with E-state index in [1.54, 1.807) is 0 Å². The number of ether oxygens (including phenoxy) is 1. The van der Waals surface area contributed by atoms with Crippen molar-refractivity contribution < 1.29 is 9.84 Å². The molecule has 0 heterocycles. The molecule has 0 radical (unpaired) electrons. The molecule has 0 amide bonds. The van der Waals surface area contributed by atoms with Crippen molar-refractivity contribution in [2.75, 3.05) is 37.9 Å². The molecule has 1 aromatic carbocycles. The van der Waals surface area contributed by atoms with Gasteiger partial charge < -0.3 is 26.2 Å². The Bertz CT molecular complexity index is 654. The van der Waals surface area contributed by atoms with Gasteiger partial charge in [-0.2, -0.15) is 0 Å². The zero-order valence-corrected chi connectivity index (χ0v) is 19.0. The van der Waals surface area contributed by atoms with Crippen LogP contribution in [0, 0.1) is 5.92 Å². The Morgan fingerprint density at radius 3 is 2.55 bits per heavy atom. The van der Waals surface area contributed by atoms with Gasteiger partial charge in [0.25, 0.3) is 6.02 Å². The summed E-state index contributed by atoms with van der Waals surface area (Å²) >= 11 is 0. The molecule has 1 aliphatic rings. The van der Waals surface area contributed by atoms with Gasteiger partial charge in [0.1, 0.15) is 0 Å². The fourth-order valence-corrected chi connectivity index (χ4v) is 2.55. The number of nitrogen functional groups attached to an aromatic ring is 1. The maximum Gasteiger partial charge on any atom is 0.289 e. The normalized spacial score (nSPS) is 15.3. The summed E-state index contributed by atoms with van der Waals surface area (Å²) in [5.74, 6) is 0.283. The van der Waals surface area contributed by atoms with Gasteiger partial charge in [0.15, 0.2) is 0 Å². The summed E-state index contributed by atoms with van der Waals surface area (Å²) in [7, 11) is 1.89. The lowest BCUT2D eigenvalue weighted by Crippen LogP contribution is -2.21. The average Bonchev–Trinajstić information content (AvgIpc) is 2.78. The number of allylic oxidation sites excluding steroid dienone is 1. The minimum Gasteiger partial charge on any atom is -0.464 e. The zero-order valence-electron chi connectivity index (χ0n) is 19.0. The number of aliphatic hydroxyl groups is 1. The molecular weight excluding hydrogens is 364 g/mol. The molecule has 29 heavy (non-hydrogen) atoms. The number of rotatable bonds is 7. The smallest absolute Gasteiger partial charge is 0.289 e. The van der Waals surface area contributed by atoms with Gasteiger partial charge in [0.2, 0.25) is 0 Å². The van der Waals surface area contributed by atoms with Crippen LogP contribution in [0.4, 0.5) is 11.4 Å². The molecule has 2 rings (SSSR count). The van der Waals surface area contributed by atoms with Crippen molar-refractivity contribution in [3.05, 3.63) is 47.6 Å². The lowest BCUT2D eigenvalue weighted by molar-refractivity contribution is 0.260. The zero-order chi connectivity index (χ0) is 22.1. The first-order valence-corrected chi connectivity index (χ1v) is 10.6. The minimum absolute atomic E-state index is 0.0836. The van der Waals surface area contributed by atoms with E-state index >= 15 is 0 Å². The molecule has 0 spiro atoms. The number of aliphatic imine (C=N–C) groups is 1. The lowest BCUT2D eigenvalue weighted by Gasteiger charge is -2.18. The highest BCUT2D eigenvalue weighted by Gasteiger charge is 2.11. The van der Waals surface area contributed by atoms with Crippen LogP contribution in [-0.2, 0) is 11.3 Å². The van der Waals surface area contributed by atoms with E-state index in [0.29, 0.717) is 25.7 Å². The monoisotopic (exact) mass is 404 g/mol. The molecular formula is C23H40N4O2. The Kier molecular flexibility index (Phi) is 15.3. The third-order valence-electron chi connectivity index (χ3n) is 3.95. The molecule has 1 aromatic rings. The van der Waals surface area contributed by atoms with E-state index < -0.39 is 0 Å². The van der Waals surface area contributed by atoms with Crippen LogP contribution in [-0.4, -0.2) is 37.9 Å². The second kappa shape index (κ2) is 16.6. The predicted octanol–water partition coefficient (Wildman–Crippen LogP) is 4.34. The maximum atomic E-state index is 9.12. The number of benzene rings is 1. The third-order valence-corrected chi connectivity index (χ3v) is 3.95. The summed E-state index contributed by atoms with van der Waals surface area (Å²) in [6.45, 7) is 11.9. The maximum absolute atomic E-state index is 9.12. The van der Waals surface area contributed by atoms with E-state index in [9.17, 15) is 0 Å². The van der Waals surface area contributed by atoms with Crippen molar-refractivity contribution in [2.24, 2.45) is 10.9 Å². The van der Waals surface area contributed by atoms with Crippen molar-refractivity contribution in [1.29, 1.82) is 0 Å². The number of hydrogen-bond acceptors (Lipinski definition) is 5. The second-order valence-electron chi connectivity index (χ2n) is 5.95. The molecule has 0 aromatic heterocycles. The molecule has 0 saturated heterocycles. The van der Waals surface area contributed by atoms with E-state index in [2.05, 4.69) is 21.7 Å². The highest BCUT2D eigenvalue weighted by atomic mass is 16.5. The van der Waals surface area contributed by atoms with Gasteiger partial charge >= 0.3 is 0 Å². The summed E-state index contributed by atoms with van der Waals surface area (Å²) < 4.78 is 5.87. The highest BCUT2D eigenvalue weighted by molar-refractivity contribution is 5.89. The van der Waals surface area contributed by atoms with Gasteiger partial charge in [0, 0.05) is 30.4 Å².